The summed E-state index contributed by atoms with van der Waals surface area (Å²) >= 11 is 0. The van der Waals surface area contributed by atoms with Crippen LogP contribution in [0, 0.1) is 26.6 Å². The van der Waals surface area contributed by atoms with Crippen molar-refractivity contribution in [2.45, 2.75) is 27.2 Å². The van der Waals surface area contributed by atoms with E-state index in [0.29, 0.717) is 35.5 Å². The van der Waals surface area contributed by atoms with Crippen molar-refractivity contribution >= 4 is 28.5 Å². The molecular formula is C20H21FN8. The molecule has 148 valence electrons. The third kappa shape index (κ3) is 3.98. The van der Waals surface area contributed by atoms with Gasteiger partial charge in [-0.25, -0.2) is 29.3 Å². The standard InChI is InChI=1S/C20H21FN8/c1-11-4-5-15(21)19-18(11)14(12(2)26-19)6-7-23-16-8-17(28-13(3)27-16)29-20-24-9-22-10-25-20/h4-5,8-10,26H,6-7H2,1-3H3,(H2,22,23,24,25,27,28,29). The molecule has 0 aliphatic rings. The van der Waals surface area contributed by atoms with Gasteiger partial charge in [0.15, 0.2) is 0 Å². The Morgan fingerprint density at radius 3 is 2.59 bits per heavy atom. The molecule has 0 radical (unpaired) electrons. The van der Waals surface area contributed by atoms with E-state index in [0.717, 1.165) is 28.6 Å². The van der Waals surface area contributed by atoms with Crippen molar-refractivity contribution < 1.29 is 4.39 Å². The number of aromatic amines is 1. The minimum Gasteiger partial charge on any atom is -0.370 e. The summed E-state index contributed by atoms with van der Waals surface area (Å²) in [7, 11) is 0. The van der Waals surface area contributed by atoms with Crippen molar-refractivity contribution in [2.24, 2.45) is 0 Å². The predicted molar refractivity (Wildman–Crippen MR) is 110 cm³/mol. The van der Waals surface area contributed by atoms with Gasteiger partial charge in [-0.2, -0.15) is 0 Å². The number of halogens is 1. The third-order valence-electron chi connectivity index (χ3n) is 4.68. The van der Waals surface area contributed by atoms with E-state index in [1.54, 1.807) is 6.07 Å². The molecule has 3 heterocycles. The fourth-order valence-corrected chi connectivity index (χ4v) is 3.41. The molecule has 0 aliphatic carbocycles. The van der Waals surface area contributed by atoms with E-state index in [2.05, 4.69) is 40.5 Å². The monoisotopic (exact) mass is 392 g/mol. The van der Waals surface area contributed by atoms with Crippen molar-refractivity contribution in [3.8, 4) is 0 Å². The van der Waals surface area contributed by atoms with Gasteiger partial charge < -0.3 is 15.6 Å². The number of rotatable bonds is 6. The molecule has 0 bridgehead atoms. The highest BCUT2D eigenvalue weighted by Crippen LogP contribution is 2.28. The summed E-state index contributed by atoms with van der Waals surface area (Å²) in [5.41, 5.74) is 3.71. The zero-order chi connectivity index (χ0) is 20.4. The van der Waals surface area contributed by atoms with Crippen LogP contribution in [0.4, 0.5) is 22.0 Å². The molecule has 1 aromatic carbocycles. The summed E-state index contributed by atoms with van der Waals surface area (Å²) in [5.74, 6) is 2.08. The van der Waals surface area contributed by atoms with E-state index < -0.39 is 0 Å². The number of nitrogens with zero attached hydrogens (tertiary/aromatic N) is 5. The van der Waals surface area contributed by atoms with E-state index in [1.807, 2.05) is 26.8 Å². The van der Waals surface area contributed by atoms with Gasteiger partial charge in [0.05, 0.1) is 5.52 Å². The summed E-state index contributed by atoms with van der Waals surface area (Å²) in [5, 5.41) is 7.32. The Kier molecular flexibility index (Phi) is 5.03. The largest absolute Gasteiger partial charge is 0.370 e. The molecule has 0 spiro atoms. The summed E-state index contributed by atoms with van der Waals surface area (Å²) in [6, 6.07) is 5.11. The van der Waals surface area contributed by atoms with Crippen LogP contribution in [0.5, 0.6) is 0 Å². The van der Waals surface area contributed by atoms with Gasteiger partial charge in [-0.1, -0.05) is 6.07 Å². The quantitative estimate of drug-likeness (QED) is 0.460. The molecule has 0 fully saturated rings. The summed E-state index contributed by atoms with van der Waals surface area (Å²) in [6.07, 6.45) is 3.56. The predicted octanol–water partition coefficient (Wildman–Crippen LogP) is 3.61. The van der Waals surface area contributed by atoms with Gasteiger partial charge in [0.1, 0.15) is 35.9 Å². The lowest BCUT2D eigenvalue weighted by Gasteiger charge is -2.10. The van der Waals surface area contributed by atoms with Crippen LogP contribution in [0.15, 0.2) is 30.9 Å². The second kappa shape index (κ2) is 7.78. The summed E-state index contributed by atoms with van der Waals surface area (Å²) in [6.45, 7) is 6.43. The Labute approximate surface area is 167 Å². The van der Waals surface area contributed by atoms with E-state index in [1.165, 1.54) is 18.7 Å². The number of hydrogen-bond donors (Lipinski definition) is 3. The molecule has 4 aromatic rings. The van der Waals surface area contributed by atoms with Crippen LogP contribution >= 0.6 is 0 Å². The van der Waals surface area contributed by atoms with E-state index in [9.17, 15) is 4.39 Å². The molecule has 0 amide bonds. The number of benzene rings is 1. The van der Waals surface area contributed by atoms with Crippen LogP contribution in [0.3, 0.4) is 0 Å². The lowest BCUT2D eigenvalue weighted by atomic mass is 10.0. The fourth-order valence-electron chi connectivity index (χ4n) is 3.41. The van der Waals surface area contributed by atoms with Crippen molar-refractivity contribution in [2.75, 3.05) is 17.2 Å². The van der Waals surface area contributed by atoms with E-state index >= 15 is 0 Å². The van der Waals surface area contributed by atoms with Crippen LogP contribution in [0.2, 0.25) is 0 Å². The number of fused-ring (bicyclic) bond motifs is 1. The van der Waals surface area contributed by atoms with Gasteiger partial charge in [0, 0.05) is 23.7 Å². The molecule has 0 unspecified atom stereocenters. The van der Waals surface area contributed by atoms with E-state index in [4.69, 9.17) is 0 Å². The minimum atomic E-state index is -0.228. The highest BCUT2D eigenvalue weighted by molar-refractivity contribution is 5.88. The molecule has 4 rings (SSSR count). The minimum absolute atomic E-state index is 0.228. The molecule has 0 atom stereocenters. The molecule has 0 aliphatic heterocycles. The first-order valence-electron chi connectivity index (χ1n) is 9.26. The second-order valence-corrected chi connectivity index (χ2v) is 6.79. The Morgan fingerprint density at radius 1 is 1.03 bits per heavy atom. The summed E-state index contributed by atoms with van der Waals surface area (Å²) in [4.78, 5) is 23.8. The van der Waals surface area contributed by atoms with E-state index in [-0.39, 0.29) is 5.82 Å². The summed E-state index contributed by atoms with van der Waals surface area (Å²) < 4.78 is 14.1. The second-order valence-electron chi connectivity index (χ2n) is 6.79. The Morgan fingerprint density at radius 2 is 1.79 bits per heavy atom. The first-order valence-corrected chi connectivity index (χ1v) is 9.26. The number of anilines is 3. The molecular weight excluding hydrogens is 371 g/mol. The van der Waals surface area contributed by atoms with Gasteiger partial charge in [-0.05, 0) is 44.4 Å². The first kappa shape index (κ1) is 18.7. The molecule has 3 N–H and O–H groups in total. The number of hydrogen-bond acceptors (Lipinski definition) is 7. The smallest absolute Gasteiger partial charge is 0.231 e. The Hall–Kier alpha value is -3.62. The van der Waals surface area contributed by atoms with Crippen LogP contribution < -0.4 is 10.6 Å². The molecule has 29 heavy (non-hydrogen) atoms. The van der Waals surface area contributed by atoms with Gasteiger partial charge in [0.2, 0.25) is 5.95 Å². The number of aromatic nitrogens is 6. The van der Waals surface area contributed by atoms with Crippen molar-refractivity contribution in [3.05, 3.63) is 59.3 Å². The number of aryl methyl sites for hydroxylation is 3. The molecule has 9 heteroatoms. The fraction of sp³-hybridized carbons (Fsp3) is 0.250. The maximum atomic E-state index is 14.1. The normalized spacial score (nSPS) is 11.0. The lowest BCUT2D eigenvalue weighted by Crippen LogP contribution is -2.09. The van der Waals surface area contributed by atoms with Crippen LogP contribution in [-0.4, -0.2) is 36.4 Å². The highest BCUT2D eigenvalue weighted by Gasteiger charge is 2.14. The van der Waals surface area contributed by atoms with Crippen LogP contribution in [0.1, 0.15) is 22.6 Å². The zero-order valence-corrected chi connectivity index (χ0v) is 16.4. The van der Waals surface area contributed by atoms with Crippen LogP contribution in [-0.2, 0) is 6.42 Å². The highest BCUT2D eigenvalue weighted by atomic mass is 19.1. The average Bonchev–Trinajstić information content (AvgIpc) is 3.03. The van der Waals surface area contributed by atoms with Gasteiger partial charge in [-0.3, -0.25) is 0 Å². The molecule has 8 nitrogen and oxygen atoms in total. The maximum Gasteiger partial charge on any atom is 0.231 e. The third-order valence-corrected chi connectivity index (χ3v) is 4.68. The first-order chi connectivity index (χ1) is 14.0. The molecule has 3 aromatic heterocycles. The number of nitrogens with one attached hydrogen (secondary N) is 3. The Balaban J connectivity index is 1.50. The molecule has 0 saturated carbocycles. The van der Waals surface area contributed by atoms with Crippen molar-refractivity contribution in [1.29, 1.82) is 0 Å². The SMILES string of the molecule is Cc1nc(NCCc2c(C)[nH]c3c(F)ccc(C)c23)cc(Nc2ncncn2)n1. The van der Waals surface area contributed by atoms with Crippen LogP contribution in [0.25, 0.3) is 10.9 Å². The Bertz CT molecular complexity index is 1160. The topological polar surface area (TPSA) is 104 Å². The lowest BCUT2D eigenvalue weighted by molar-refractivity contribution is 0.637. The average molecular weight is 392 g/mol. The van der Waals surface area contributed by atoms with Crippen molar-refractivity contribution in [1.82, 2.24) is 29.9 Å². The maximum absolute atomic E-state index is 14.1. The van der Waals surface area contributed by atoms with Gasteiger partial charge >= 0.3 is 0 Å². The number of H-pyrrole nitrogens is 1. The van der Waals surface area contributed by atoms with Gasteiger partial charge in [0.25, 0.3) is 0 Å². The van der Waals surface area contributed by atoms with Crippen molar-refractivity contribution in [3.63, 3.8) is 0 Å². The van der Waals surface area contributed by atoms with Gasteiger partial charge in [-0.15, -0.1) is 0 Å². The molecule has 0 saturated heterocycles. The zero-order valence-electron chi connectivity index (χ0n) is 16.4.